The molecule has 4 rings (SSSR count). The summed E-state index contributed by atoms with van der Waals surface area (Å²) in [4.78, 5) is 25.3. The Balaban J connectivity index is 1.92. The van der Waals surface area contributed by atoms with Crippen LogP contribution in [0, 0.1) is 0 Å². The van der Waals surface area contributed by atoms with E-state index in [-0.39, 0.29) is 10.6 Å². The van der Waals surface area contributed by atoms with Crippen molar-refractivity contribution in [1.82, 2.24) is 15.0 Å². The molecular formula is C21H16ClN5O2. The number of pyridine rings is 1. The van der Waals surface area contributed by atoms with E-state index in [2.05, 4.69) is 20.3 Å². The van der Waals surface area contributed by atoms with E-state index in [0.717, 1.165) is 5.56 Å². The van der Waals surface area contributed by atoms with Gasteiger partial charge in [-0.3, -0.25) is 9.78 Å². The van der Waals surface area contributed by atoms with Gasteiger partial charge in [0.25, 0.3) is 5.91 Å². The smallest absolute Gasteiger partial charge is 0.252 e. The fraction of sp³-hybridized carbons (Fsp3) is 0.0476. The van der Waals surface area contributed by atoms with Gasteiger partial charge >= 0.3 is 0 Å². The average Bonchev–Trinajstić information content (AvgIpc) is 2.73. The maximum atomic E-state index is 11.9. The number of anilines is 2. The summed E-state index contributed by atoms with van der Waals surface area (Å²) >= 11 is 6.18. The predicted molar refractivity (Wildman–Crippen MR) is 113 cm³/mol. The van der Waals surface area contributed by atoms with E-state index < -0.39 is 5.91 Å². The molecule has 0 aliphatic heterocycles. The third-order valence-corrected chi connectivity index (χ3v) is 4.65. The van der Waals surface area contributed by atoms with Crippen molar-refractivity contribution in [2.75, 3.05) is 12.4 Å². The van der Waals surface area contributed by atoms with Gasteiger partial charge < -0.3 is 15.8 Å². The molecule has 8 heteroatoms. The minimum Gasteiger partial charge on any atom is -0.497 e. The Hall–Kier alpha value is -3.71. The number of aromatic nitrogens is 3. The molecule has 0 fully saturated rings. The van der Waals surface area contributed by atoms with Gasteiger partial charge in [-0.05, 0) is 42.5 Å². The Morgan fingerprint density at radius 1 is 1.14 bits per heavy atom. The molecule has 7 nitrogen and oxygen atoms in total. The van der Waals surface area contributed by atoms with Crippen molar-refractivity contribution in [2.24, 2.45) is 5.73 Å². The van der Waals surface area contributed by atoms with Gasteiger partial charge in [-0.2, -0.15) is 0 Å². The molecule has 0 atom stereocenters. The quantitative estimate of drug-likeness (QED) is 0.516. The van der Waals surface area contributed by atoms with Crippen LogP contribution in [0.1, 0.15) is 10.4 Å². The standard InChI is InChI=1S/C21H16ClN5O2/c1-29-13-7-8-16-14(10-13)21(27-20(25-16)12-4-3-9-24-11-12)26-17-6-2-5-15(22)18(17)19(23)28/h2-11H,1H3,(H2,23,28)(H,25,26,27). The average molecular weight is 406 g/mol. The molecule has 0 spiro atoms. The second kappa shape index (κ2) is 7.73. The van der Waals surface area contributed by atoms with Crippen LogP contribution in [0.15, 0.2) is 60.9 Å². The van der Waals surface area contributed by atoms with E-state index in [1.807, 2.05) is 30.3 Å². The van der Waals surface area contributed by atoms with E-state index in [9.17, 15) is 4.79 Å². The molecule has 4 aromatic rings. The zero-order valence-corrected chi connectivity index (χ0v) is 16.1. The van der Waals surface area contributed by atoms with Gasteiger partial charge in [-0.1, -0.05) is 17.7 Å². The highest BCUT2D eigenvalue weighted by Gasteiger charge is 2.16. The number of nitrogens with zero attached hydrogens (tertiary/aromatic N) is 3. The number of amides is 1. The topological polar surface area (TPSA) is 103 Å². The largest absolute Gasteiger partial charge is 0.497 e. The summed E-state index contributed by atoms with van der Waals surface area (Å²) in [7, 11) is 1.58. The second-order valence-electron chi connectivity index (χ2n) is 6.17. The minimum atomic E-state index is -0.637. The van der Waals surface area contributed by atoms with Crippen LogP contribution >= 0.6 is 11.6 Å². The van der Waals surface area contributed by atoms with Gasteiger partial charge in [0.05, 0.1) is 28.9 Å². The highest BCUT2D eigenvalue weighted by Crippen LogP contribution is 2.32. The number of hydrogen-bond donors (Lipinski definition) is 2. The number of ether oxygens (including phenoxy) is 1. The maximum absolute atomic E-state index is 11.9. The fourth-order valence-corrected chi connectivity index (χ4v) is 3.23. The van der Waals surface area contributed by atoms with Gasteiger partial charge in [0, 0.05) is 23.3 Å². The van der Waals surface area contributed by atoms with Crippen molar-refractivity contribution in [2.45, 2.75) is 0 Å². The molecule has 0 bridgehead atoms. The number of halogens is 1. The van der Waals surface area contributed by atoms with Crippen molar-refractivity contribution in [3.05, 3.63) is 71.5 Å². The summed E-state index contributed by atoms with van der Waals surface area (Å²) in [5.74, 6) is 0.986. The molecule has 0 aliphatic rings. The van der Waals surface area contributed by atoms with Crippen molar-refractivity contribution in [3.8, 4) is 17.1 Å². The summed E-state index contributed by atoms with van der Waals surface area (Å²) in [5.41, 5.74) is 7.62. The van der Waals surface area contributed by atoms with E-state index in [1.165, 1.54) is 0 Å². The van der Waals surface area contributed by atoms with E-state index in [0.29, 0.717) is 34.0 Å². The molecule has 1 amide bonds. The van der Waals surface area contributed by atoms with Crippen LogP contribution in [-0.4, -0.2) is 28.0 Å². The third kappa shape index (κ3) is 3.68. The molecule has 2 aromatic carbocycles. The minimum absolute atomic E-state index is 0.187. The van der Waals surface area contributed by atoms with E-state index in [1.54, 1.807) is 37.7 Å². The SMILES string of the molecule is COc1ccc2nc(-c3cccnc3)nc(Nc3cccc(Cl)c3C(N)=O)c2c1. The Labute approximate surface area is 171 Å². The van der Waals surface area contributed by atoms with Gasteiger partial charge in [-0.25, -0.2) is 9.97 Å². The van der Waals surface area contributed by atoms with Crippen LogP contribution in [0.2, 0.25) is 5.02 Å². The molecule has 0 saturated carbocycles. The zero-order valence-electron chi connectivity index (χ0n) is 15.4. The van der Waals surface area contributed by atoms with Crippen molar-refractivity contribution < 1.29 is 9.53 Å². The van der Waals surface area contributed by atoms with E-state index in [4.69, 9.17) is 22.1 Å². The molecule has 2 aromatic heterocycles. The Morgan fingerprint density at radius 3 is 2.72 bits per heavy atom. The second-order valence-corrected chi connectivity index (χ2v) is 6.58. The molecule has 29 heavy (non-hydrogen) atoms. The number of nitrogens with one attached hydrogen (secondary N) is 1. The number of fused-ring (bicyclic) bond motifs is 1. The van der Waals surface area contributed by atoms with Gasteiger partial charge in [-0.15, -0.1) is 0 Å². The van der Waals surface area contributed by atoms with Crippen molar-refractivity contribution in [3.63, 3.8) is 0 Å². The first-order chi connectivity index (χ1) is 14.1. The first kappa shape index (κ1) is 18.6. The Morgan fingerprint density at radius 2 is 2.00 bits per heavy atom. The first-order valence-corrected chi connectivity index (χ1v) is 9.06. The van der Waals surface area contributed by atoms with Crippen LogP contribution < -0.4 is 15.8 Å². The lowest BCUT2D eigenvalue weighted by Crippen LogP contribution is -2.14. The molecule has 0 aliphatic carbocycles. The van der Waals surface area contributed by atoms with Crippen molar-refractivity contribution >= 4 is 39.9 Å². The highest BCUT2D eigenvalue weighted by atomic mass is 35.5. The van der Waals surface area contributed by atoms with Gasteiger partial charge in [0.2, 0.25) is 0 Å². The van der Waals surface area contributed by atoms with Crippen LogP contribution in [0.5, 0.6) is 5.75 Å². The zero-order chi connectivity index (χ0) is 20.4. The summed E-state index contributed by atoms with van der Waals surface area (Å²) < 4.78 is 5.33. The number of methoxy groups -OCH3 is 1. The summed E-state index contributed by atoms with van der Waals surface area (Å²) in [6.45, 7) is 0. The van der Waals surface area contributed by atoms with Gasteiger partial charge in [0.1, 0.15) is 11.6 Å². The summed E-state index contributed by atoms with van der Waals surface area (Å²) in [6.07, 6.45) is 3.36. The molecule has 0 unspecified atom stereocenters. The number of primary amides is 1. The van der Waals surface area contributed by atoms with Crippen LogP contribution in [0.3, 0.4) is 0 Å². The number of carbonyl (C=O) groups excluding carboxylic acids is 1. The summed E-state index contributed by atoms with van der Waals surface area (Å²) in [6, 6.07) is 14.2. The molecule has 0 radical (unpaired) electrons. The molecular weight excluding hydrogens is 390 g/mol. The Bertz CT molecular complexity index is 1210. The fourth-order valence-electron chi connectivity index (χ4n) is 2.96. The third-order valence-electron chi connectivity index (χ3n) is 4.34. The highest BCUT2D eigenvalue weighted by molar-refractivity contribution is 6.34. The lowest BCUT2D eigenvalue weighted by Gasteiger charge is -2.14. The monoisotopic (exact) mass is 405 g/mol. The molecule has 2 heterocycles. The first-order valence-electron chi connectivity index (χ1n) is 8.68. The van der Waals surface area contributed by atoms with Crippen LogP contribution in [0.4, 0.5) is 11.5 Å². The molecule has 3 N–H and O–H groups in total. The molecule has 0 saturated heterocycles. The number of nitrogens with two attached hydrogens (primary N) is 1. The summed E-state index contributed by atoms with van der Waals surface area (Å²) in [5, 5.41) is 4.16. The lowest BCUT2D eigenvalue weighted by atomic mass is 10.1. The number of benzene rings is 2. The van der Waals surface area contributed by atoms with Crippen LogP contribution in [0.25, 0.3) is 22.3 Å². The predicted octanol–water partition coefficient (Wildman–Crippen LogP) is 4.20. The Kier molecular flexibility index (Phi) is 4.97. The van der Waals surface area contributed by atoms with Gasteiger partial charge in [0.15, 0.2) is 5.82 Å². The lowest BCUT2D eigenvalue weighted by molar-refractivity contribution is 0.100. The number of rotatable bonds is 5. The van der Waals surface area contributed by atoms with Crippen LogP contribution in [-0.2, 0) is 0 Å². The number of carbonyl (C=O) groups is 1. The molecule has 144 valence electrons. The number of hydrogen-bond acceptors (Lipinski definition) is 6. The normalized spacial score (nSPS) is 10.7. The maximum Gasteiger partial charge on any atom is 0.252 e. The van der Waals surface area contributed by atoms with E-state index >= 15 is 0 Å². The van der Waals surface area contributed by atoms with Crippen molar-refractivity contribution in [1.29, 1.82) is 0 Å².